The highest BCUT2D eigenvalue weighted by Gasteiger charge is 2.32. The Morgan fingerprint density at radius 1 is 1.07 bits per heavy atom. The highest BCUT2D eigenvalue weighted by Crippen LogP contribution is 2.41. The van der Waals surface area contributed by atoms with Crippen molar-refractivity contribution < 1.29 is 14.1 Å². The first kappa shape index (κ1) is 26.4. The van der Waals surface area contributed by atoms with Gasteiger partial charge in [0.05, 0.1) is 28.3 Å². The number of aryl methyl sites for hydroxylation is 1. The summed E-state index contributed by atoms with van der Waals surface area (Å²) in [7, 11) is 1.64. The molecule has 2 aliphatic rings. The summed E-state index contributed by atoms with van der Waals surface area (Å²) in [5, 5.41) is 11.1. The lowest BCUT2D eigenvalue weighted by atomic mass is 9.83. The van der Waals surface area contributed by atoms with Crippen molar-refractivity contribution in [1.29, 1.82) is 0 Å². The van der Waals surface area contributed by atoms with Crippen LogP contribution < -0.4 is 19.6 Å². The summed E-state index contributed by atoms with van der Waals surface area (Å²) in [5.74, 6) is 1.78. The number of rotatable bonds is 5. The largest absolute Gasteiger partial charge is 0.497 e. The normalized spacial score (nSPS) is 16.0. The molecule has 2 aromatic heterocycles. The molecule has 7 rings (SSSR count). The molecule has 3 aromatic carbocycles. The average molecular weight is 641 g/mol. The molecular formula is C32H22BrN3O5S. The third-order valence-corrected chi connectivity index (χ3v) is 9.27. The van der Waals surface area contributed by atoms with E-state index in [1.807, 2.05) is 30.3 Å². The molecule has 0 saturated carbocycles. The molecule has 0 amide bonds. The quantitative estimate of drug-likeness (QED) is 0.167. The zero-order chi connectivity index (χ0) is 29.0. The summed E-state index contributed by atoms with van der Waals surface area (Å²) in [6.07, 6.45) is 3.42. The summed E-state index contributed by atoms with van der Waals surface area (Å²) in [6.45, 7) is 0. The van der Waals surface area contributed by atoms with Crippen LogP contribution >= 0.6 is 27.3 Å². The van der Waals surface area contributed by atoms with Crippen LogP contribution in [0.4, 0.5) is 5.69 Å². The predicted molar refractivity (Wildman–Crippen MR) is 164 cm³/mol. The summed E-state index contributed by atoms with van der Waals surface area (Å²) < 4.78 is 14.3. The summed E-state index contributed by atoms with van der Waals surface area (Å²) in [4.78, 5) is 30.4. The number of benzene rings is 3. The molecule has 0 saturated heterocycles. The number of aromatic nitrogens is 1. The van der Waals surface area contributed by atoms with Crippen molar-refractivity contribution in [2.45, 2.75) is 18.9 Å². The van der Waals surface area contributed by atoms with Crippen LogP contribution in [0.3, 0.4) is 0 Å². The lowest BCUT2D eigenvalue weighted by Crippen LogP contribution is -2.38. The maximum atomic E-state index is 14.0. The Bertz CT molecular complexity index is 2110. The van der Waals surface area contributed by atoms with Crippen LogP contribution in [-0.4, -0.2) is 16.6 Å². The minimum absolute atomic E-state index is 0.0183. The monoisotopic (exact) mass is 639 g/mol. The smallest absolute Gasteiger partial charge is 0.271 e. The number of halogens is 1. The highest BCUT2D eigenvalue weighted by molar-refractivity contribution is 9.10. The first-order chi connectivity index (χ1) is 20.4. The SMILES string of the molecule is COc1ccc([C@H]2C3=C(N=c4s/c(=C\c5ccc(-c6ccc([N+](=O)[O-])cc6Br)o5)c(=O)n42)c2ccccc2CC3)cc1. The van der Waals surface area contributed by atoms with Crippen LogP contribution in [0, 0.1) is 10.1 Å². The fourth-order valence-corrected chi connectivity index (χ4v) is 7.17. The van der Waals surface area contributed by atoms with Gasteiger partial charge in [0, 0.05) is 33.8 Å². The maximum absolute atomic E-state index is 14.0. The van der Waals surface area contributed by atoms with E-state index in [4.69, 9.17) is 14.1 Å². The molecule has 0 radical (unpaired) electrons. The van der Waals surface area contributed by atoms with E-state index < -0.39 is 4.92 Å². The Kier molecular flexibility index (Phi) is 6.52. The zero-order valence-corrected chi connectivity index (χ0v) is 24.6. The Hall–Kier alpha value is -4.54. The van der Waals surface area contributed by atoms with Gasteiger partial charge in [0.25, 0.3) is 11.2 Å². The number of nitrogens with zero attached hydrogens (tertiary/aromatic N) is 3. The number of ether oxygens (including phenoxy) is 1. The predicted octanol–water partition coefficient (Wildman–Crippen LogP) is 6.26. The van der Waals surface area contributed by atoms with Gasteiger partial charge in [0.2, 0.25) is 0 Å². The number of fused-ring (bicyclic) bond motifs is 3. The minimum atomic E-state index is -0.447. The second-order valence-corrected chi connectivity index (χ2v) is 11.9. The lowest BCUT2D eigenvalue weighted by molar-refractivity contribution is -0.384. The maximum Gasteiger partial charge on any atom is 0.271 e. The number of hydrogen-bond donors (Lipinski definition) is 0. The third-order valence-electron chi connectivity index (χ3n) is 7.63. The van der Waals surface area contributed by atoms with Gasteiger partial charge in [-0.3, -0.25) is 19.5 Å². The average Bonchev–Trinajstić information content (AvgIpc) is 3.60. The molecule has 0 fully saturated rings. The molecule has 1 atom stereocenters. The number of nitro groups is 1. The summed E-state index contributed by atoms with van der Waals surface area (Å²) in [5.41, 5.74) is 5.94. The van der Waals surface area contributed by atoms with Crippen LogP contribution in [0.1, 0.15) is 34.9 Å². The molecule has 0 bridgehead atoms. The number of thiazole rings is 1. The fourth-order valence-electron chi connectivity index (χ4n) is 5.63. The summed E-state index contributed by atoms with van der Waals surface area (Å²) in [6, 6.07) is 24.0. The van der Waals surface area contributed by atoms with Gasteiger partial charge in [-0.05, 0) is 75.8 Å². The zero-order valence-electron chi connectivity index (χ0n) is 22.2. The van der Waals surface area contributed by atoms with E-state index in [0.717, 1.165) is 41.0 Å². The van der Waals surface area contributed by atoms with Crippen LogP contribution in [-0.2, 0) is 6.42 Å². The van der Waals surface area contributed by atoms with Gasteiger partial charge >= 0.3 is 0 Å². The molecule has 1 aliphatic carbocycles. The van der Waals surface area contributed by atoms with Crippen molar-refractivity contribution >= 4 is 44.7 Å². The van der Waals surface area contributed by atoms with E-state index in [1.165, 1.54) is 29.0 Å². The van der Waals surface area contributed by atoms with E-state index in [0.29, 0.717) is 30.9 Å². The first-order valence-electron chi connectivity index (χ1n) is 13.2. The van der Waals surface area contributed by atoms with Crippen molar-refractivity contribution in [3.63, 3.8) is 0 Å². The van der Waals surface area contributed by atoms with Gasteiger partial charge in [-0.25, -0.2) is 4.99 Å². The Morgan fingerprint density at radius 3 is 2.64 bits per heavy atom. The standard InChI is InChI=1S/C32H22BrN3O5S/c1-40-21-10-6-19(7-11-21)30-25-13-8-18-4-2-3-5-23(18)29(25)34-32-35(30)31(37)28(42-32)17-22-12-15-27(41-22)24-14-9-20(36(38)39)16-26(24)33/h2-7,9-12,14-17,30H,8,13H2,1H3/b28-17-/t30-/m0/s1. The molecule has 8 nitrogen and oxygen atoms in total. The van der Waals surface area contributed by atoms with Crippen LogP contribution in [0.5, 0.6) is 5.75 Å². The van der Waals surface area contributed by atoms with E-state index in [2.05, 4.69) is 34.1 Å². The minimum Gasteiger partial charge on any atom is -0.497 e. The van der Waals surface area contributed by atoms with Crippen LogP contribution in [0.25, 0.3) is 23.1 Å². The second kappa shape index (κ2) is 10.4. The van der Waals surface area contributed by atoms with Crippen LogP contribution in [0.15, 0.2) is 103 Å². The summed E-state index contributed by atoms with van der Waals surface area (Å²) >= 11 is 4.74. The van der Waals surface area contributed by atoms with Gasteiger partial charge in [0.1, 0.15) is 17.3 Å². The number of nitro benzene ring substituents is 1. The molecule has 1 aliphatic heterocycles. The van der Waals surface area contributed by atoms with Gasteiger partial charge in [-0.15, -0.1) is 0 Å². The van der Waals surface area contributed by atoms with Gasteiger partial charge in [-0.1, -0.05) is 47.7 Å². The topological polar surface area (TPSA) is 99.9 Å². The molecular weight excluding hydrogens is 618 g/mol. The van der Waals surface area contributed by atoms with Crippen molar-refractivity contribution in [3.05, 3.63) is 141 Å². The number of allylic oxidation sites excluding steroid dienone is 1. The molecule has 0 unspecified atom stereocenters. The third kappa shape index (κ3) is 4.43. The molecule has 0 N–H and O–H groups in total. The van der Waals surface area contributed by atoms with E-state index in [1.54, 1.807) is 36.0 Å². The molecule has 10 heteroatoms. The molecule has 3 heterocycles. The van der Waals surface area contributed by atoms with Crippen molar-refractivity contribution in [2.75, 3.05) is 7.11 Å². The van der Waals surface area contributed by atoms with E-state index in [9.17, 15) is 14.9 Å². The number of furan rings is 1. The number of non-ortho nitro benzene ring substituents is 1. The van der Waals surface area contributed by atoms with Crippen molar-refractivity contribution in [2.24, 2.45) is 4.99 Å². The van der Waals surface area contributed by atoms with E-state index >= 15 is 0 Å². The Labute approximate surface area is 251 Å². The first-order valence-corrected chi connectivity index (χ1v) is 14.8. The fraction of sp³-hybridized carbons (Fsp3) is 0.125. The molecule has 5 aromatic rings. The lowest BCUT2D eigenvalue weighted by Gasteiger charge is -2.30. The van der Waals surface area contributed by atoms with Gasteiger partial charge < -0.3 is 9.15 Å². The molecule has 0 spiro atoms. The van der Waals surface area contributed by atoms with Gasteiger partial charge in [0.15, 0.2) is 4.80 Å². The Morgan fingerprint density at radius 2 is 1.88 bits per heavy atom. The number of hydrogen-bond acceptors (Lipinski definition) is 7. The van der Waals surface area contributed by atoms with Crippen molar-refractivity contribution in [1.82, 2.24) is 4.57 Å². The highest BCUT2D eigenvalue weighted by atomic mass is 79.9. The molecule has 208 valence electrons. The van der Waals surface area contributed by atoms with E-state index in [-0.39, 0.29) is 17.3 Å². The van der Waals surface area contributed by atoms with Crippen LogP contribution in [0.2, 0.25) is 0 Å². The Balaban J connectivity index is 1.36. The second-order valence-electron chi connectivity index (χ2n) is 10.0. The number of methoxy groups -OCH3 is 1. The van der Waals surface area contributed by atoms with Crippen molar-refractivity contribution in [3.8, 4) is 17.1 Å². The molecule has 42 heavy (non-hydrogen) atoms. The van der Waals surface area contributed by atoms with Gasteiger partial charge in [-0.2, -0.15) is 0 Å².